The fourth-order valence-electron chi connectivity index (χ4n) is 2.23. The summed E-state index contributed by atoms with van der Waals surface area (Å²) in [5.74, 6) is -1.77. The molecule has 0 bridgehead atoms. The molecule has 4 heteroatoms. The summed E-state index contributed by atoms with van der Waals surface area (Å²) in [5.41, 5.74) is 5.34. The van der Waals surface area contributed by atoms with Crippen LogP contribution in [-0.2, 0) is 5.41 Å². The summed E-state index contributed by atoms with van der Waals surface area (Å²) in [6.07, 6.45) is 2.20. The minimum absolute atomic E-state index is 0.0924. The van der Waals surface area contributed by atoms with E-state index in [1.54, 1.807) is 12.3 Å². The van der Waals surface area contributed by atoms with Crippen molar-refractivity contribution in [3.63, 3.8) is 0 Å². The molecule has 1 aromatic rings. The van der Waals surface area contributed by atoms with E-state index in [4.69, 9.17) is 10.2 Å². The summed E-state index contributed by atoms with van der Waals surface area (Å²) in [6.45, 7) is 0.372. The topological polar surface area (TPSA) is 39.2 Å². The van der Waals surface area contributed by atoms with E-state index in [0.29, 0.717) is 19.4 Å². The highest BCUT2D eigenvalue weighted by molar-refractivity contribution is 5.16. The lowest BCUT2D eigenvalue weighted by molar-refractivity contribution is -0.0533. The molecule has 15 heavy (non-hydrogen) atoms. The molecule has 1 saturated carbocycles. The summed E-state index contributed by atoms with van der Waals surface area (Å²) < 4.78 is 31.4. The van der Waals surface area contributed by atoms with Gasteiger partial charge in [0.05, 0.1) is 6.26 Å². The van der Waals surface area contributed by atoms with Crippen molar-refractivity contribution in [2.45, 2.75) is 37.0 Å². The first-order chi connectivity index (χ1) is 7.08. The van der Waals surface area contributed by atoms with Gasteiger partial charge in [-0.2, -0.15) is 0 Å². The van der Waals surface area contributed by atoms with Crippen LogP contribution in [-0.4, -0.2) is 12.5 Å². The van der Waals surface area contributed by atoms with E-state index in [1.807, 2.05) is 6.07 Å². The first-order valence-electron chi connectivity index (χ1n) is 5.20. The maximum atomic E-state index is 13.1. The Morgan fingerprint density at radius 2 is 1.93 bits per heavy atom. The van der Waals surface area contributed by atoms with Crippen molar-refractivity contribution in [1.82, 2.24) is 0 Å². The van der Waals surface area contributed by atoms with Gasteiger partial charge in [0.1, 0.15) is 5.76 Å². The molecule has 0 aliphatic heterocycles. The van der Waals surface area contributed by atoms with Crippen molar-refractivity contribution < 1.29 is 13.2 Å². The van der Waals surface area contributed by atoms with Gasteiger partial charge in [-0.25, -0.2) is 8.78 Å². The largest absolute Gasteiger partial charge is 0.469 e. The molecule has 0 atom stereocenters. The SMILES string of the molecule is NCC1(c2ccco2)CCC(F)(F)CC1. The van der Waals surface area contributed by atoms with Crippen molar-refractivity contribution in [3.8, 4) is 0 Å². The number of halogens is 2. The van der Waals surface area contributed by atoms with Gasteiger partial charge in [0.2, 0.25) is 5.92 Å². The molecular weight excluding hydrogens is 200 g/mol. The van der Waals surface area contributed by atoms with E-state index in [2.05, 4.69) is 0 Å². The summed E-state index contributed by atoms with van der Waals surface area (Å²) in [5, 5.41) is 0. The number of nitrogens with two attached hydrogens (primary N) is 1. The molecular formula is C11H15F2NO. The molecule has 0 unspecified atom stereocenters. The third-order valence-corrected chi connectivity index (χ3v) is 3.37. The predicted molar refractivity (Wildman–Crippen MR) is 52.9 cm³/mol. The van der Waals surface area contributed by atoms with Gasteiger partial charge in [-0.15, -0.1) is 0 Å². The van der Waals surface area contributed by atoms with Gasteiger partial charge < -0.3 is 10.2 Å². The third kappa shape index (κ3) is 1.91. The number of furan rings is 1. The smallest absolute Gasteiger partial charge is 0.248 e. The molecule has 2 nitrogen and oxygen atoms in total. The van der Waals surface area contributed by atoms with Crippen LogP contribution in [0.15, 0.2) is 22.8 Å². The Bertz CT molecular complexity index is 311. The number of alkyl halides is 2. The van der Waals surface area contributed by atoms with Gasteiger partial charge in [0.15, 0.2) is 0 Å². The number of rotatable bonds is 2. The molecule has 1 aliphatic rings. The van der Waals surface area contributed by atoms with E-state index in [0.717, 1.165) is 5.76 Å². The molecule has 1 aliphatic carbocycles. The van der Waals surface area contributed by atoms with E-state index >= 15 is 0 Å². The normalized spacial score (nSPS) is 23.9. The van der Waals surface area contributed by atoms with Gasteiger partial charge in [-0.3, -0.25) is 0 Å². The minimum atomic E-state index is -2.52. The Morgan fingerprint density at radius 3 is 2.40 bits per heavy atom. The summed E-state index contributed by atoms with van der Waals surface area (Å²) in [6, 6.07) is 3.61. The standard InChI is InChI=1S/C11H15F2NO/c12-11(13)5-3-10(8-14,4-6-11)9-2-1-7-15-9/h1-2,7H,3-6,8,14H2. The molecule has 1 fully saturated rings. The molecule has 0 spiro atoms. The zero-order valence-electron chi connectivity index (χ0n) is 8.51. The van der Waals surface area contributed by atoms with Gasteiger partial charge in [-0.1, -0.05) is 0 Å². The van der Waals surface area contributed by atoms with Crippen molar-refractivity contribution in [3.05, 3.63) is 24.2 Å². The van der Waals surface area contributed by atoms with Crippen molar-refractivity contribution in [2.24, 2.45) is 5.73 Å². The predicted octanol–water partition coefficient (Wildman–Crippen LogP) is 2.69. The third-order valence-electron chi connectivity index (χ3n) is 3.37. The molecule has 1 heterocycles. The average molecular weight is 215 g/mol. The molecule has 0 radical (unpaired) electrons. The molecule has 2 N–H and O–H groups in total. The van der Waals surface area contributed by atoms with Crippen LogP contribution in [0.4, 0.5) is 8.78 Å². The monoisotopic (exact) mass is 215 g/mol. The van der Waals surface area contributed by atoms with E-state index in [1.165, 1.54) is 0 Å². The van der Waals surface area contributed by atoms with Crippen LogP contribution in [0.5, 0.6) is 0 Å². The van der Waals surface area contributed by atoms with Crippen LogP contribution in [0.3, 0.4) is 0 Å². The maximum absolute atomic E-state index is 13.1. The fourth-order valence-corrected chi connectivity index (χ4v) is 2.23. The lowest BCUT2D eigenvalue weighted by atomic mass is 9.71. The second-order valence-electron chi connectivity index (χ2n) is 4.32. The quantitative estimate of drug-likeness (QED) is 0.823. The maximum Gasteiger partial charge on any atom is 0.248 e. The summed E-state index contributed by atoms with van der Waals surface area (Å²) in [4.78, 5) is 0. The van der Waals surface area contributed by atoms with Crippen LogP contribution in [0.2, 0.25) is 0 Å². The lowest BCUT2D eigenvalue weighted by Gasteiger charge is -2.37. The van der Waals surface area contributed by atoms with Gasteiger partial charge in [0, 0.05) is 24.8 Å². The highest BCUT2D eigenvalue weighted by Crippen LogP contribution is 2.44. The Balaban J connectivity index is 2.19. The van der Waals surface area contributed by atoms with E-state index in [-0.39, 0.29) is 18.3 Å². The van der Waals surface area contributed by atoms with Crippen molar-refractivity contribution in [1.29, 1.82) is 0 Å². The first-order valence-corrected chi connectivity index (χ1v) is 5.20. The zero-order chi connectivity index (χ0) is 10.9. The van der Waals surface area contributed by atoms with Crippen molar-refractivity contribution in [2.75, 3.05) is 6.54 Å². The summed E-state index contributed by atoms with van der Waals surface area (Å²) in [7, 11) is 0. The Hall–Kier alpha value is -0.900. The van der Waals surface area contributed by atoms with Gasteiger partial charge in [-0.05, 0) is 25.0 Å². The molecule has 84 valence electrons. The zero-order valence-corrected chi connectivity index (χ0v) is 8.51. The van der Waals surface area contributed by atoms with Crippen LogP contribution in [0, 0.1) is 0 Å². The molecule has 1 aromatic heterocycles. The van der Waals surface area contributed by atoms with E-state index < -0.39 is 5.92 Å². The first kappa shape index (κ1) is 10.6. The molecule has 0 aromatic carbocycles. The van der Waals surface area contributed by atoms with Crippen LogP contribution in [0.1, 0.15) is 31.4 Å². The van der Waals surface area contributed by atoms with Gasteiger partial charge in [0.25, 0.3) is 0 Å². The average Bonchev–Trinajstić information content (AvgIpc) is 2.72. The molecule has 2 rings (SSSR count). The highest BCUT2D eigenvalue weighted by atomic mass is 19.3. The molecule has 0 amide bonds. The highest BCUT2D eigenvalue weighted by Gasteiger charge is 2.44. The van der Waals surface area contributed by atoms with Gasteiger partial charge >= 0.3 is 0 Å². The van der Waals surface area contributed by atoms with Crippen LogP contribution < -0.4 is 5.73 Å². The molecule has 0 saturated heterocycles. The Labute approximate surface area is 87.4 Å². The minimum Gasteiger partial charge on any atom is -0.469 e. The summed E-state index contributed by atoms with van der Waals surface area (Å²) >= 11 is 0. The fraction of sp³-hybridized carbons (Fsp3) is 0.636. The Kier molecular flexibility index (Phi) is 2.54. The Morgan fingerprint density at radius 1 is 1.27 bits per heavy atom. The number of hydrogen-bond donors (Lipinski definition) is 1. The lowest BCUT2D eigenvalue weighted by Crippen LogP contribution is -2.41. The van der Waals surface area contributed by atoms with Crippen LogP contribution in [0.25, 0.3) is 0 Å². The number of hydrogen-bond acceptors (Lipinski definition) is 2. The second-order valence-corrected chi connectivity index (χ2v) is 4.32. The van der Waals surface area contributed by atoms with Crippen molar-refractivity contribution >= 4 is 0 Å². The van der Waals surface area contributed by atoms with Crippen LogP contribution >= 0.6 is 0 Å². The second kappa shape index (κ2) is 3.59. The van der Waals surface area contributed by atoms with E-state index in [9.17, 15) is 8.78 Å².